The Morgan fingerprint density at radius 1 is 0.811 bits per heavy atom. The van der Waals surface area contributed by atoms with Gasteiger partial charge in [-0.15, -0.1) is 0 Å². The highest BCUT2D eigenvalue weighted by atomic mass is 32.2. The van der Waals surface area contributed by atoms with E-state index in [0.717, 1.165) is 17.3 Å². The van der Waals surface area contributed by atoms with Crippen LogP contribution >= 0.6 is 11.8 Å². The Hall–Kier alpha value is -4.50. The van der Waals surface area contributed by atoms with Crippen LogP contribution in [0.25, 0.3) is 17.7 Å². The molecule has 1 aliphatic rings. The molecule has 3 aromatic carbocycles. The molecule has 9 heteroatoms. The molecule has 1 saturated heterocycles. The Kier molecular flexibility index (Phi) is 7.95. The van der Waals surface area contributed by atoms with Crippen LogP contribution in [0.3, 0.4) is 0 Å². The topological polar surface area (TPSA) is 100 Å². The quantitative estimate of drug-likeness (QED) is 0.236. The van der Waals surface area contributed by atoms with Gasteiger partial charge < -0.3 is 18.9 Å². The number of methoxy groups -OCH3 is 3. The van der Waals surface area contributed by atoms with Crippen LogP contribution in [0.2, 0.25) is 0 Å². The van der Waals surface area contributed by atoms with E-state index in [1.807, 2.05) is 0 Å². The van der Waals surface area contributed by atoms with Crippen LogP contribution < -0.4 is 19.5 Å². The zero-order valence-corrected chi connectivity index (χ0v) is 21.1. The molecule has 1 aliphatic heterocycles. The SMILES string of the molecule is COC(=O)C(=Cc1cc(OC)cc(OC)c1)c1cccc(Oc2ccc(C=C3SC(=O)NC3=O)cc2)c1. The second-order valence-corrected chi connectivity index (χ2v) is 8.76. The molecule has 0 bridgehead atoms. The van der Waals surface area contributed by atoms with Crippen molar-refractivity contribution in [3.8, 4) is 23.0 Å². The van der Waals surface area contributed by atoms with Gasteiger partial charge in [0.1, 0.15) is 23.0 Å². The highest BCUT2D eigenvalue weighted by molar-refractivity contribution is 8.18. The van der Waals surface area contributed by atoms with Gasteiger partial charge in [-0.25, -0.2) is 4.79 Å². The molecule has 0 spiro atoms. The smallest absolute Gasteiger partial charge is 0.338 e. The minimum Gasteiger partial charge on any atom is -0.497 e. The van der Waals surface area contributed by atoms with E-state index in [2.05, 4.69) is 5.32 Å². The Bertz CT molecular complexity index is 1390. The molecule has 0 unspecified atom stereocenters. The van der Waals surface area contributed by atoms with Crippen LogP contribution in [0, 0.1) is 0 Å². The lowest BCUT2D eigenvalue weighted by Crippen LogP contribution is -2.17. The monoisotopic (exact) mass is 517 g/mol. The van der Waals surface area contributed by atoms with Gasteiger partial charge in [-0.05, 0) is 77.0 Å². The number of hydrogen-bond donors (Lipinski definition) is 1. The van der Waals surface area contributed by atoms with Crippen molar-refractivity contribution in [2.45, 2.75) is 0 Å². The van der Waals surface area contributed by atoms with Gasteiger partial charge in [0.05, 0.1) is 31.8 Å². The van der Waals surface area contributed by atoms with Crippen molar-refractivity contribution < 1.29 is 33.3 Å². The van der Waals surface area contributed by atoms with Crippen molar-refractivity contribution in [1.82, 2.24) is 5.32 Å². The molecule has 3 aromatic rings. The Balaban J connectivity index is 1.59. The minimum atomic E-state index is -0.511. The second kappa shape index (κ2) is 11.5. The first kappa shape index (κ1) is 25.6. The Labute approximate surface area is 217 Å². The van der Waals surface area contributed by atoms with Gasteiger partial charge >= 0.3 is 5.97 Å². The van der Waals surface area contributed by atoms with Crippen LogP contribution in [-0.4, -0.2) is 38.4 Å². The molecule has 1 N–H and O–H groups in total. The Morgan fingerprint density at radius 2 is 1.51 bits per heavy atom. The summed E-state index contributed by atoms with van der Waals surface area (Å²) in [5, 5.41) is 1.84. The van der Waals surface area contributed by atoms with E-state index in [1.165, 1.54) is 7.11 Å². The molecular weight excluding hydrogens is 494 g/mol. The molecule has 0 aliphatic carbocycles. The fourth-order valence-electron chi connectivity index (χ4n) is 3.52. The molecule has 188 valence electrons. The van der Waals surface area contributed by atoms with Crippen molar-refractivity contribution in [3.05, 3.63) is 88.3 Å². The lowest BCUT2D eigenvalue weighted by atomic mass is 10.0. The first-order valence-corrected chi connectivity index (χ1v) is 11.9. The summed E-state index contributed by atoms with van der Waals surface area (Å²) in [6, 6.07) is 19.4. The summed E-state index contributed by atoms with van der Waals surface area (Å²) in [6.45, 7) is 0. The average Bonchev–Trinajstić information content (AvgIpc) is 3.23. The standard InChI is InChI=1S/C28H23NO7S/c1-33-22-11-18(12-23(16-22)34-2)13-24(27(31)35-3)19-5-4-6-21(15-19)36-20-9-7-17(8-10-20)14-25-26(30)29-28(32)37-25/h4-16H,1-3H3,(H,29,30,32). The number of rotatable bonds is 8. The lowest BCUT2D eigenvalue weighted by Gasteiger charge is -2.11. The third-order valence-electron chi connectivity index (χ3n) is 5.29. The van der Waals surface area contributed by atoms with Crippen LogP contribution in [-0.2, 0) is 14.3 Å². The number of carbonyl (C=O) groups is 3. The highest BCUT2D eigenvalue weighted by Gasteiger charge is 2.24. The van der Waals surface area contributed by atoms with Crippen molar-refractivity contribution in [2.75, 3.05) is 21.3 Å². The first-order valence-electron chi connectivity index (χ1n) is 11.0. The summed E-state index contributed by atoms with van der Waals surface area (Å²) < 4.78 is 21.7. The molecule has 8 nitrogen and oxygen atoms in total. The summed E-state index contributed by atoms with van der Waals surface area (Å²) in [4.78, 5) is 36.1. The highest BCUT2D eigenvalue weighted by Crippen LogP contribution is 2.30. The molecule has 37 heavy (non-hydrogen) atoms. The molecule has 4 rings (SSSR count). The van der Waals surface area contributed by atoms with Crippen molar-refractivity contribution in [3.63, 3.8) is 0 Å². The fourth-order valence-corrected chi connectivity index (χ4v) is 4.20. The molecule has 0 saturated carbocycles. The maximum atomic E-state index is 12.7. The van der Waals surface area contributed by atoms with Crippen LogP contribution in [0.15, 0.2) is 71.6 Å². The number of nitrogens with one attached hydrogen (secondary N) is 1. The Morgan fingerprint density at radius 3 is 2.11 bits per heavy atom. The lowest BCUT2D eigenvalue weighted by molar-refractivity contribution is -0.133. The number of benzene rings is 3. The predicted molar refractivity (Wildman–Crippen MR) is 141 cm³/mol. The second-order valence-electron chi connectivity index (χ2n) is 7.75. The van der Waals surface area contributed by atoms with Crippen molar-refractivity contribution >= 4 is 46.6 Å². The van der Waals surface area contributed by atoms with Crippen molar-refractivity contribution in [1.29, 1.82) is 0 Å². The van der Waals surface area contributed by atoms with E-state index in [4.69, 9.17) is 18.9 Å². The maximum Gasteiger partial charge on any atom is 0.338 e. The summed E-state index contributed by atoms with van der Waals surface area (Å²) in [7, 11) is 4.43. The normalized spacial score (nSPS) is 14.4. The van der Waals surface area contributed by atoms with Gasteiger partial charge in [-0.3, -0.25) is 14.9 Å². The predicted octanol–water partition coefficient (Wildman–Crippen LogP) is 5.53. The van der Waals surface area contributed by atoms with Crippen molar-refractivity contribution in [2.24, 2.45) is 0 Å². The molecule has 1 heterocycles. The zero-order valence-electron chi connectivity index (χ0n) is 20.3. The van der Waals surface area contributed by atoms with E-state index in [-0.39, 0.29) is 5.24 Å². The fraction of sp³-hybridized carbons (Fsp3) is 0.107. The number of amides is 2. The summed E-state index contributed by atoms with van der Waals surface area (Å²) >= 11 is 0.861. The van der Waals surface area contributed by atoms with Gasteiger partial charge in [0.2, 0.25) is 0 Å². The minimum absolute atomic E-state index is 0.326. The number of ether oxygens (including phenoxy) is 4. The van der Waals surface area contributed by atoms with Gasteiger partial charge in [-0.1, -0.05) is 24.3 Å². The molecule has 1 fully saturated rings. The molecule has 2 amide bonds. The summed E-state index contributed by atoms with van der Waals surface area (Å²) in [6.07, 6.45) is 3.33. The van der Waals surface area contributed by atoms with Crippen LogP contribution in [0.4, 0.5) is 4.79 Å². The maximum absolute atomic E-state index is 12.7. The van der Waals surface area contributed by atoms with E-state index in [1.54, 1.807) is 93.1 Å². The van der Waals surface area contributed by atoms with E-state index >= 15 is 0 Å². The molecule has 0 aromatic heterocycles. The number of thioether (sulfide) groups is 1. The number of esters is 1. The average molecular weight is 518 g/mol. The summed E-state index contributed by atoms with van der Waals surface area (Å²) in [5.74, 6) is 1.32. The van der Waals surface area contributed by atoms with Gasteiger partial charge in [0.25, 0.3) is 11.1 Å². The van der Waals surface area contributed by atoms with E-state index in [0.29, 0.717) is 44.6 Å². The third-order valence-corrected chi connectivity index (χ3v) is 6.10. The summed E-state index contributed by atoms with van der Waals surface area (Å²) in [5.41, 5.74) is 2.37. The van der Waals surface area contributed by atoms with Gasteiger partial charge in [0.15, 0.2) is 0 Å². The number of imide groups is 1. The van der Waals surface area contributed by atoms with E-state index in [9.17, 15) is 14.4 Å². The van der Waals surface area contributed by atoms with Crippen LogP contribution in [0.5, 0.6) is 23.0 Å². The largest absolute Gasteiger partial charge is 0.497 e. The van der Waals surface area contributed by atoms with E-state index < -0.39 is 11.9 Å². The zero-order chi connectivity index (χ0) is 26.4. The number of hydrogen-bond acceptors (Lipinski definition) is 8. The first-order chi connectivity index (χ1) is 17.9. The van der Waals surface area contributed by atoms with Crippen LogP contribution in [0.1, 0.15) is 16.7 Å². The molecule has 0 atom stereocenters. The molecular formula is C28H23NO7S. The molecule has 0 radical (unpaired) electrons. The van der Waals surface area contributed by atoms with Gasteiger partial charge in [-0.2, -0.15) is 0 Å². The number of carbonyl (C=O) groups excluding carboxylic acids is 3. The van der Waals surface area contributed by atoms with Gasteiger partial charge in [0, 0.05) is 6.07 Å². The third kappa shape index (κ3) is 6.39.